The zero-order chi connectivity index (χ0) is 12.2. The maximum atomic E-state index is 12.6. The molecule has 0 aliphatic rings. The van der Waals surface area contributed by atoms with Crippen molar-refractivity contribution in [2.75, 3.05) is 13.7 Å². The van der Waals surface area contributed by atoms with Gasteiger partial charge < -0.3 is 14.6 Å². The van der Waals surface area contributed by atoms with Gasteiger partial charge in [0.15, 0.2) is 0 Å². The molecule has 1 aromatic carbocycles. The highest BCUT2D eigenvalue weighted by atomic mass is 19.1. The van der Waals surface area contributed by atoms with Gasteiger partial charge in [-0.25, -0.2) is 9.18 Å². The van der Waals surface area contributed by atoms with Crippen molar-refractivity contribution in [2.24, 2.45) is 0 Å². The number of hydrogen-bond donors (Lipinski definition) is 1. The first kappa shape index (κ1) is 12.4. The number of ether oxygens (including phenoxy) is 2. The first-order valence-corrected chi connectivity index (χ1v) is 4.65. The van der Waals surface area contributed by atoms with Crippen LogP contribution in [0.3, 0.4) is 0 Å². The van der Waals surface area contributed by atoms with E-state index in [2.05, 4.69) is 0 Å². The summed E-state index contributed by atoms with van der Waals surface area (Å²) >= 11 is 0. The lowest BCUT2D eigenvalue weighted by molar-refractivity contribution is -0.158. The number of halogens is 1. The number of aliphatic carboxylic acids is 1. The van der Waals surface area contributed by atoms with E-state index in [1.807, 2.05) is 0 Å². The molecule has 0 saturated heterocycles. The Kier molecular flexibility index (Phi) is 3.84. The van der Waals surface area contributed by atoms with Crippen molar-refractivity contribution in [2.45, 2.75) is 12.5 Å². The molecule has 5 heteroatoms. The van der Waals surface area contributed by atoms with Crippen LogP contribution >= 0.6 is 0 Å². The van der Waals surface area contributed by atoms with Crippen LogP contribution in [0, 0.1) is 5.82 Å². The van der Waals surface area contributed by atoms with Crippen LogP contribution in [0.5, 0.6) is 5.75 Å². The van der Waals surface area contributed by atoms with Gasteiger partial charge in [-0.05, 0) is 31.2 Å². The second-order valence-electron chi connectivity index (χ2n) is 3.53. The minimum Gasteiger partial charge on any atom is -0.478 e. The molecule has 0 aromatic heterocycles. The third-order valence-corrected chi connectivity index (χ3v) is 2.03. The standard InChI is InChI=1S/C11H13FO4/c1-11(7-15-2,10(13)14)16-9-5-3-8(12)4-6-9/h3-6H,7H2,1-2H3,(H,13,14). The van der Waals surface area contributed by atoms with Crippen LogP contribution in [-0.2, 0) is 9.53 Å². The number of benzene rings is 1. The lowest BCUT2D eigenvalue weighted by atomic mass is 10.1. The highest BCUT2D eigenvalue weighted by Gasteiger charge is 2.35. The van der Waals surface area contributed by atoms with Crippen LogP contribution < -0.4 is 4.74 Å². The zero-order valence-electron chi connectivity index (χ0n) is 9.07. The van der Waals surface area contributed by atoms with Gasteiger partial charge in [0.25, 0.3) is 0 Å². The van der Waals surface area contributed by atoms with Crippen LogP contribution in [-0.4, -0.2) is 30.4 Å². The van der Waals surface area contributed by atoms with Gasteiger partial charge in [-0.3, -0.25) is 0 Å². The normalized spacial score (nSPS) is 14.2. The summed E-state index contributed by atoms with van der Waals surface area (Å²) in [5.41, 5.74) is -1.48. The van der Waals surface area contributed by atoms with Gasteiger partial charge in [-0.1, -0.05) is 0 Å². The van der Waals surface area contributed by atoms with Crippen molar-refractivity contribution >= 4 is 5.97 Å². The van der Waals surface area contributed by atoms with E-state index >= 15 is 0 Å². The Morgan fingerprint density at radius 3 is 2.44 bits per heavy atom. The summed E-state index contributed by atoms with van der Waals surface area (Å²) in [4.78, 5) is 11.0. The summed E-state index contributed by atoms with van der Waals surface area (Å²) in [6.45, 7) is 1.29. The summed E-state index contributed by atoms with van der Waals surface area (Å²) < 4.78 is 22.7. The molecule has 1 aromatic rings. The Balaban J connectivity index is 2.83. The van der Waals surface area contributed by atoms with E-state index < -0.39 is 17.4 Å². The van der Waals surface area contributed by atoms with Gasteiger partial charge in [-0.15, -0.1) is 0 Å². The Morgan fingerprint density at radius 2 is 2.00 bits per heavy atom. The van der Waals surface area contributed by atoms with E-state index in [0.29, 0.717) is 0 Å². The molecule has 1 N–H and O–H groups in total. The molecule has 0 saturated carbocycles. The molecule has 0 radical (unpaired) electrons. The number of methoxy groups -OCH3 is 1. The van der Waals surface area contributed by atoms with Gasteiger partial charge in [0.1, 0.15) is 11.6 Å². The van der Waals surface area contributed by atoms with Gasteiger partial charge in [0.2, 0.25) is 5.60 Å². The number of rotatable bonds is 5. The minimum atomic E-state index is -1.48. The molecule has 0 fully saturated rings. The molecular formula is C11H13FO4. The fourth-order valence-electron chi connectivity index (χ4n) is 1.17. The molecule has 16 heavy (non-hydrogen) atoms. The monoisotopic (exact) mass is 228 g/mol. The number of carbonyl (C=O) groups is 1. The quantitative estimate of drug-likeness (QED) is 0.833. The van der Waals surface area contributed by atoms with E-state index in [-0.39, 0.29) is 12.4 Å². The average Bonchev–Trinajstić information content (AvgIpc) is 2.22. The molecule has 0 amide bonds. The van der Waals surface area contributed by atoms with Crippen LogP contribution in [0.2, 0.25) is 0 Å². The maximum Gasteiger partial charge on any atom is 0.350 e. The van der Waals surface area contributed by atoms with Gasteiger partial charge in [-0.2, -0.15) is 0 Å². The van der Waals surface area contributed by atoms with Crippen LogP contribution in [0.1, 0.15) is 6.92 Å². The fraction of sp³-hybridized carbons (Fsp3) is 0.364. The summed E-state index contributed by atoms with van der Waals surface area (Å²) in [5.74, 6) is -1.27. The molecular weight excluding hydrogens is 215 g/mol. The lowest BCUT2D eigenvalue weighted by Gasteiger charge is -2.25. The molecule has 1 rings (SSSR count). The molecule has 4 nitrogen and oxygen atoms in total. The first-order chi connectivity index (χ1) is 7.48. The predicted octanol–water partition coefficient (Wildman–Crippen LogP) is 1.69. The van der Waals surface area contributed by atoms with Crippen molar-refractivity contribution in [3.63, 3.8) is 0 Å². The van der Waals surface area contributed by atoms with Gasteiger partial charge in [0, 0.05) is 7.11 Å². The second kappa shape index (κ2) is 4.94. The van der Waals surface area contributed by atoms with Crippen molar-refractivity contribution in [3.05, 3.63) is 30.1 Å². The van der Waals surface area contributed by atoms with E-state index in [9.17, 15) is 9.18 Å². The number of hydrogen-bond acceptors (Lipinski definition) is 3. The Bertz CT molecular complexity index is 363. The summed E-state index contributed by atoms with van der Waals surface area (Å²) in [7, 11) is 1.38. The van der Waals surface area contributed by atoms with Gasteiger partial charge >= 0.3 is 5.97 Å². The first-order valence-electron chi connectivity index (χ1n) is 4.65. The smallest absolute Gasteiger partial charge is 0.350 e. The zero-order valence-corrected chi connectivity index (χ0v) is 9.07. The van der Waals surface area contributed by atoms with Crippen LogP contribution in [0.25, 0.3) is 0 Å². The highest BCUT2D eigenvalue weighted by molar-refractivity contribution is 5.77. The molecule has 0 spiro atoms. The molecule has 0 aliphatic heterocycles. The van der Waals surface area contributed by atoms with E-state index in [0.717, 1.165) is 0 Å². The minimum absolute atomic E-state index is 0.0975. The average molecular weight is 228 g/mol. The Hall–Kier alpha value is -1.62. The van der Waals surface area contributed by atoms with Crippen LogP contribution in [0.4, 0.5) is 4.39 Å². The Morgan fingerprint density at radius 1 is 1.44 bits per heavy atom. The molecule has 88 valence electrons. The largest absolute Gasteiger partial charge is 0.478 e. The second-order valence-corrected chi connectivity index (χ2v) is 3.53. The lowest BCUT2D eigenvalue weighted by Crippen LogP contribution is -2.45. The maximum absolute atomic E-state index is 12.6. The summed E-state index contributed by atoms with van der Waals surface area (Å²) in [6, 6.07) is 5.13. The summed E-state index contributed by atoms with van der Waals surface area (Å²) in [5, 5.41) is 9.00. The topological polar surface area (TPSA) is 55.8 Å². The number of carboxylic acid groups (broad SMARTS) is 1. The SMILES string of the molecule is COCC(C)(Oc1ccc(F)cc1)C(=O)O. The van der Waals surface area contributed by atoms with Gasteiger partial charge in [0.05, 0.1) is 6.61 Å². The highest BCUT2D eigenvalue weighted by Crippen LogP contribution is 2.19. The molecule has 0 heterocycles. The van der Waals surface area contributed by atoms with Crippen molar-refractivity contribution in [1.29, 1.82) is 0 Å². The Labute approximate surface area is 92.6 Å². The molecule has 0 bridgehead atoms. The van der Waals surface area contributed by atoms with E-state index in [4.69, 9.17) is 14.6 Å². The molecule has 0 aliphatic carbocycles. The summed E-state index contributed by atoms with van der Waals surface area (Å²) in [6.07, 6.45) is 0. The predicted molar refractivity (Wildman–Crippen MR) is 54.9 cm³/mol. The van der Waals surface area contributed by atoms with Crippen molar-refractivity contribution < 1.29 is 23.8 Å². The third kappa shape index (κ3) is 2.93. The van der Waals surface area contributed by atoms with Crippen molar-refractivity contribution in [1.82, 2.24) is 0 Å². The van der Waals surface area contributed by atoms with E-state index in [1.165, 1.54) is 38.3 Å². The van der Waals surface area contributed by atoms with E-state index in [1.54, 1.807) is 0 Å². The third-order valence-electron chi connectivity index (χ3n) is 2.03. The van der Waals surface area contributed by atoms with Crippen molar-refractivity contribution in [3.8, 4) is 5.75 Å². The molecule has 1 unspecified atom stereocenters. The number of carboxylic acids is 1. The fourth-order valence-corrected chi connectivity index (χ4v) is 1.17. The van der Waals surface area contributed by atoms with Crippen LogP contribution in [0.15, 0.2) is 24.3 Å². The molecule has 1 atom stereocenters.